The average molecular weight is 276 g/mol. The van der Waals surface area contributed by atoms with Crippen molar-refractivity contribution in [3.05, 3.63) is 53.6 Å². The minimum Gasteiger partial charge on any atom is -0.348 e. The molecular weight excluding hydrogens is 260 g/mol. The number of nitrogens with one attached hydrogen (secondary N) is 1. The summed E-state index contributed by atoms with van der Waals surface area (Å²) in [5.41, 5.74) is 4.54. The number of nitriles is 1. The molecule has 1 aromatic carbocycles. The van der Waals surface area contributed by atoms with Crippen LogP contribution in [0.5, 0.6) is 0 Å². The normalized spacial score (nSPS) is 11.8. The first kappa shape index (κ1) is 13.2. The van der Waals surface area contributed by atoms with Crippen molar-refractivity contribution in [2.24, 2.45) is 0 Å². The van der Waals surface area contributed by atoms with Crippen LogP contribution in [0, 0.1) is 18.3 Å². The summed E-state index contributed by atoms with van der Waals surface area (Å²) in [6.45, 7) is 4.99. The molecule has 4 heteroatoms. The third kappa shape index (κ3) is 2.46. The fourth-order valence-corrected chi connectivity index (χ4v) is 2.40. The summed E-state index contributed by atoms with van der Waals surface area (Å²) in [6, 6.07) is 12.2. The molecule has 0 aliphatic rings. The van der Waals surface area contributed by atoms with Crippen LogP contribution < -0.4 is 0 Å². The molecule has 3 aromatic rings. The molecule has 0 spiro atoms. The van der Waals surface area contributed by atoms with Gasteiger partial charge >= 0.3 is 0 Å². The van der Waals surface area contributed by atoms with Crippen molar-refractivity contribution in [1.82, 2.24) is 14.5 Å². The quantitative estimate of drug-likeness (QED) is 0.740. The molecule has 0 radical (unpaired) electrons. The van der Waals surface area contributed by atoms with Gasteiger partial charge in [0.25, 0.3) is 0 Å². The number of benzene rings is 1. The first-order valence-corrected chi connectivity index (χ1v) is 6.95. The highest BCUT2D eigenvalue weighted by Gasteiger charge is 2.09. The van der Waals surface area contributed by atoms with E-state index in [2.05, 4.69) is 27.5 Å². The van der Waals surface area contributed by atoms with Gasteiger partial charge in [-0.25, -0.2) is 4.98 Å². The number of nitrogens with zero attached hydrogens (tertiary/aromatic N) is 3. The van der Waals surface area contributed by atoms with E-state index in [4.69, 9.17) is 0 Å². The standard InChI is InChI=1S/C17H16N4/c1-3-21-8-4-5-14(21)10-13(11-18)17-19-15-7-6-12(2)9-16(15)20-17/h4-10H,3H2,1-2H3,(H,19,20). The summed E-state index contributed by atoms with van der Waals surface area (Å²) < 4.78 is 2.09. The first-order chi connectivity index (χ1) is 10.2. The molecule has 2 heterocycles. The van der Waals surface area contributed by atoms with Crippen LogP contribution in [0.15, 0.2) is 36.5 Å². The molecule has 0 aliphatic heterocycles. The summed E-state index contributed by atoms with van der Waals surface area (Å²) in [6.07, 6.45) is 3.87. The summed E-state index contributed by atoms with van der Waals surface area (Å²) in [5, 5.41) is 9.43. The number of fused-ring (bicyclic) bond motifs is 1. The zero-order valence-corrected chi connectivity index (χ0v) is 12.1. The van der Waals surface area contributed by atoms with Crippen molar-refractivity contribution in [1.29, 1.82) is 5.26 Å². The number of aryl methyl sites for hydroxylation is 2. The number of allylic oxidation sites excluding steroid dienone is 1. The van der Waals surface area contributed by atoms with Crippen LogP contribution >= 0.6 is 0 Å². The van der Waals surface area contributed by atoms with Gasteiger partial charge in [-0.15, -0.1) is 0 Å². The Morgan fingerprint density at radius 2 is 2.29 bits per heavy atom. The maximum atomic E-state index is 9.43. The SMILES string of the molecule is CCn1cccc1C=C(C#N)c1nc2ccc(C)cc2[nH]1. The van der Waals surface area contributed by atoms with E-state index >= 15 is 0 Å². The molecule has 0 saturated carbocycles. The van der Waals surface area contributed by atoms with Crippen molar-refractivity contribution in [2.75, 3.05) is 0 Å². The highest BCUT2D eigenvalue weighted by molar-refractivity contribution is 5.89. The molecular formula is C17H16N4. The molecule has 104 valence electrons. The zero-order valence-electron chi connectivity index (χ0n) is 12.1. The van der Waals surface area contributed by atoms with Gasteiger partial charge in [0.15, 0.2) is 0 Å². The topological polar surface area (TPSA) is 57.4 Å². The Hall–Kier alpha value is -2.80. The van der Waals surface area contributed by atoms with Crippen LogP contribution in [-0.4, -0.2) is 14.5 Å². The van der Waals surface area contributed by atoms with Gasteiger partial charge < -0.3 is 9.55 Å². The summed E-state index contributed by atoms with van der Waals surface area (Å²) in [5.74, 6) is 0.613. The van der Waals surface area contributed by atoms with Crippen LogP contribution in [0.4, 0.5) is 0 Å². The van der Waals surface area contributed by atoms with E-state index in [1.54, 1.807) is 0 Å². The number of hydrogen-bond donors (Lipinski definition) is 1. The second-order valence-electron chi connectivity index (χ2n) is 4.99. The Balaban J connectivity index is 2.08. The van der Waals surface area contributed by atoms with Crippen molar-refractivity contribution in [3.8, 4) is 6.07 Å². The van der Waals surface area contributed by atoms with Crippen LogP contribution in [0.1, 0.15) is 24.0 Å². The van der Waals surface area contributed by atoms with Gasteiger partial charge in [-0.1, -0.05) is 6.07 Å². The fraction of sp³-hybridized carbons (Fsp3) is 0.176. The van der Waals surface area contributed by atoms with Gasteiger partial charge in [0.2, 0.25) is 0 Å². The lowest BCUT2D eigenvalue weighted by Crippen LogP contribution is -1.95. The summed E-state index contributed by atoms with van der Waals surface area (Å²) in [7, 11) is 0. The van der Waals surface area contributed by atoms with Crippen molar-refractivity contribution >= 4 is 22.7 Å². The number of H-pyrrole nitrogens is 1. The smallest absolute Gasteiger partial charge is 0.149 e. The summed E-state index contributed by atoms with van der Waals surface area (Å²) >= 11 is 0. The van der Waals surface area contributed by atoms with E-state index in [1.807, 2.05) is 49.5 Å². The van der Waals surface area contributed by atoms with Crippen molar-refractivity contribution in [2.45, 2.75) is 20.4 Å². The maximum Gasteiger partial charge on any atom is 0.149 e. The highest BCUT2D eigenvalue weighted by atomic mass is 15.0. The Kier molecular flexibility index (Phi) is 3.33. The molecule has 0 fully saturated rings. The van der Waals surface area contributed by atoms with Gasteiger partial charge in [-0.05, 0) is 49.8 Å². The van der Waals surface area contributed by atoms with Crippen molar-refractivity contribution < 1.29 is 0 Å². The van der Waals surface area contributed by atoms with E-state index in [0.29, 0.717) is 11.4 Å². The molecule has 0 aliphatic carbocycles. The predicted molar refractivity (Wildman–Crippen MR) is 84.4 cm³/mol. The monoisotopic (exact) mass is 276 g/mol. The number of aromatic amines is 1. The Morgan fingerprint density at radius 3 is 3.05 bits per heavy atom. The Morgan fingerprint density at radius 1 is 1.43 bits per heavy atom. The molecule has 1 N–H and O–H groups in total. The van der Waals surface area contributed by atoms with Crippen molar-refractivity contribution in [3.63, 3.8) is 0 Å². The number of aromatic nitrogens is 3. The second kappa shape index (κ2) is 5.29. The largest absolute Gasteiger partial charge is 0.348 e. The first-order valence-electron chi connectivity index (χ1n) is 6.95. The maximum absolute atomic E-state index is 9.43. The molecule has 0 unspecified atom stereocenters. The average Bonchev–Trinajstić information content (AvgIpc) is 3.09. The van der Waals surface area contributed by atoms with Crippen LogP contribution in [-0.2, 0) is 6.54 Å². The minimum absolute atomic E-state index is 0.539. The van der Waals surface area contributed by atoms with E-state index in [-0.39, 0.29) is 0 Å². The van der Waals surface area contributed by atoms with E-state index < -0.39 is 0 Å². The van der Waals surface area contributed by atoms with Gasteiger partial charge in [-0.3, -0.25) is 0 Å². The summed E-state index contributed by atoms with van der Waals surface area (Å²) in [4.78, 5) is 7.73. The van der Waals surface area contributed by atoms with Crippen LogP contribution in [0.25, 0.3) is 22.7 Å². The van der Waals surface area contributed by atoms with Gasteiger partial charge in [-0.2, -0.15) is 5.26 Å². The number of hydrogen-bond acceptors (Lipinski definition) is 2. The molecule has 4 nitrogen and oxygen atoms in total. The van der Waals surface area contributed by atoms with Crippen LogP contribution in [0.2, 0.25) is 0 Å². The number of imidazole rings is 1. The zero-order chi connectivity index (χ0) is 14.8. The van der Waals surface area contributed by atoms with Gasteiger partial charge in [0.05, 0.1) is 16.6 Å². The molecule has 2 aromatic heterocycles. The fourth-order valence-electron chi connectivity index (χ4n) is 2.40. The van der Waals surface area contributed by atoms with Gasteiger partial charge in [0.1, 0.15) is 11.9 Å². The lowest BCUT2D eigenvalue weighted by Gasteiger charge is -2.01. The molecule has 21 heavy (non-hydrogen) atoms. The molecule has 0 atom stereocenters. The molecule has 0 amide bonds. The minimum atomic E-state index is 0.539. The van der Waals surface area contributed by atoms with Crippen LogP contribution in [0.3, 0.4) is 0 Å². The van der Waals surface area contributed by atoms with E-state index in [0.717, 1.165) is 23.3 Å². The molecule has 3 rings (SSSR count). The lowest BCUT2D eigenvalue weighted by atomic mass is 10.2. The molecule has 0 bridgehead atoms. The van der Waals surface area contributed by atoms with E-state index in [1.165, 1.54) is 5.56 Å². The third-order valence-corrected chi connectivity index (χ3v) is 3.51. The van der Waals surface area contributed by atoms with E-state index in [9.17, 15) is 5.26 Å². The Labute approximate surface area is 123 Å². The second-order valence-corrected chi connectivity index (χ2v) is 4.99. The third-order valence-electron chi connectivity index (χ3n) is 3.51. The molecule has 0 saturated heterocycles. The predicted octanol–water partition coefficient (Wildman–Crippen LogP) is 3.76. The van der Waals surface area contributed by atoms with Gasteiger partial charge in [0, 0.05) is 18.4 Å². The highest BCUT2D eigenvalue weighted by Crippen LogP contribution is 2.20. The number of rotatable bonds is 3. The Bertz CT molecular complexity index is 858. The lowest BCUT2D eigenvalue weighted by molar-refractivity contribution is 0.762.